The minimum absolute atomic E-state index is 0.0383. The Morgan fingerprint density at radius 3 is 2.81 bits per heavy atom. The zero-order valence-electron chi connectivity index (χ0n) is 10.6. The first-order valence-corrected chi connectivity index (χ1v) is 6.05. The summed E-state index contributed by atoms with van der Waals surface area (Å²) in [6.45, 7) is 0. The first-order valence-electron chi connectivity index (χ1n) is 6.05. The predicted octanol–water partition coefficient (Wildman–Crippen LogP) is 2.64. The first-order chi connectivity index (χ1) is 9.95. The molecule has 0 aromatic carbocycles. The summed E-state index contributed by atoms with van der Waals surface area (Å²) in [6.07, 6.45) is 4.57. The molecule has 1 atom stereocenters. The van der Waals surface area contributed by atoms with Gasteiger partial charge in [0.05, 0.1) is 23.8 Å². The number of nitrogens with one attached hydrogen (secondary N) is 2. The Hall–Kier alpha value is -2.58. The fraction of sp³-hybridized carbons (Fsp3) is 0.250. The summed E-state index contributed by atoms with van der Waals surface area (Å²) >= 11 is 0. The molecule has 2 aromatic heterocycles. The molecule has 0 saturated heterocycles. The third-order valence-electron chi connectivity index (χ3n) is 2.99. The third kappa shape index (κ3) is 2.81. The Kier molecular flexibility index (Phi) is 3.04. The molecule has 2 amide bonds. The van der Waals surface area contributed by atoms with E-state index in [0.717, 1.165) is 10.9 Å². The summed E-state index contributed by atoms with van der Waals surface area (Å²) in [6, 6.07) is -0.376. The van der Waals surface area contributed by atoms with Gasteiger partial charge in [0.2, 0.25) is 0 Å². The largest absolute Gasteiger partial charge is 0.323 e. The number of nitrogens with zero attached hydrogens (tertiary/aromatic N) is 3. The standard InChI is InChI=1S/C12H10F3N5O/c13-8-5-16-2-1-9(8)19-11(21)18-7-4-17-20(6-7)10-3-12(10,14)15/h1-2,4-6,10H,3H2,(H2,16,18,19,21). The van der Waals surface area contributed by atoms with Crippen LogP contribution in [0.4, 0.5) is 29.3 Å². The van der Waals surface area contributed by atoms with Crippen LogP contribution in [0.1, 0.15) is 12.5 Å². The zero-order valence-corrected chi connectivity index (χ0v) is 10.6. The number of rotatable bonds is 3. The molecule has 1 fully saturated rings. The lowest BCUT2D eigenvalue weighted by molar-refractivity contribution is 0.0983. The second-order valence-corrected chi connectivity index (χ2v) is 4.62. The maximum atomic E-state index is 13.3. The van der Waals surface area contributed by atoms with E-state index in [1.165, 1.54) is 24.7 Å². The van der Waals surface area contributed by atoms with Gasteiger partial charge in [0.1, 0.15) is 6.04 Å². The number of carbonyl (C=O) groups excluding carboxylic acids is 1. The highest BCUT2D eigenvalue weighted by atomic mass is 19.3. The van der Waals surface area contributed by atoms with Crippen molar-refractivity contribution in [3.05, 3.63) is 36.7 Å². The molecule has 2 heterocycles. The highest BCUT2D eigenvalue weighted by Crippen LogP contribution is 2.52. The van der Waals surface area contributed by atoms with Gasteiger partial charge in [-0.3, -0.25) is 9.67 Å². The highest BCUT2D eigenvalue weighted by molar-refractivity contribution is 5.99. The Bertz CT molecular complexity index is 687. The molecule has 6 nitrogen and oxygen atoms in total. The van der Waals surface area contributed by atoms with Crippen LogP contribution in [-0.2, 0) is 0 Å². The fourth-order valence-corrected chi connectivity index (χ4v) is 1.82. The van der Waals surface area contributed by atoms with Crippen LogP contribution in [0.5, 0.6) is 0 Å². The Morgan fingerprint density at radius 2 is 2.14 bits per heavy atom. The lowest BCUT2D eigenvalue weighted by Crippen LogP contribution is -2.19. The van der Waals surface area contributed by atoms with Crippen molar-refractivity contribution in [2.24, 2.45) is 0 Å². The van der Waals surface area contributed by atoms with Gasteiger partial charge in [-0.05, 0) is 6.07 Å². The molecule has 1 saturated carbocycles. The van der Waals surface area contributed by atoms with E-state index in [1.54, 1.807) is 0 Å². The summed E-state index contributed by atoms with van der Waals surface area (Å²) in [4.78, 5) is 15.2. The molecule has 2 N–H and O–H groups in total. The molecule has 0 aliphatic heterocycles. The van der Waals surface area contributed by atoms with E-state index in [1.807, 2.05) is 0 Å². The lowest BCUT2D eigenvalue weighted by Gasteiger charge is -2.06. The minimum Gasteiger partial charge on any atom is -0.305 e. The van der Waals surface area contributed by atoms with Crippen LogP contribution < -0.4 is 10.6 Å². The second-order valence-electron chi connectivity index (χ2n) is 4.62. The van der Waals surface area contributed by atoms with Crippen molar-refractivity contribution in [3.63, 3.8) is 0 Å². The Labute approximate surface area is 117 Å². The van der Waals surface area contributed by atoms with E-state index >= 15 is 0 Å². The first kappa shape index (κ1) is 13.4. The van der Waals surface area contributed by atoms with Crippen LogP contribution in [0, 0.1) is 5.82 Å². The molecule has 1 unspecified atom stereocenters. The number of alkyl halides is 2. The average Bonchev–Trinajstić information content (AvgIpc) is 2.84. The second kappa shape index (κ2) is 4.76. The summed E-state index contributed by atoms with van der Waals surface area (Å²) in [5.74, 6) is -3.42. The van der Waals surface area contributed by atoms with Crippen molar-refractivity contribution >= 4 is 17.4 Å². The smallest absolute Gasteiger partial charge is 0.305 e. The molecular weight excluding hydrogens is 287 g/mol. The highest BCUT2D eigenvalue weighted by Gasteiger charge is 2.59. The number of hydrogen-bond acceptors (Lipinski definition) is 3. The van der Waals surface area contributed by atoms with Crippen molar-refractivity contribution in [1.82, 2.24) is 14.8 Å². The quantitative estimate of drug-likeness (QED) is 0.914. The average molecular weight is 297 g/mol. The molecule has 0 spiro atoms. The van der Waals surface area contributed by atoms with Gasteiger partial charge in [-0.2, -0.15) is 5.10 Å². The number of urea groups is 1. The van der Waals surface area contributed by atoms with E-state index in [4.69, 9.17) is 0 Å². The van der Waals surface area contributed by atoms with Crippen molar-refractivity contribution in [3.8, 4) is 0 Å². The number of hydrogen-bond donors (Lipinski definition) is 2. The summed E-state index contributed by atoms with van der Waals surface area (Å²) < 4.78 is 40.1. The summed E-state index contributed by atoms with van der Waals surface area (Å²) in [7, 11) is 0. The topological polar surface area (TPSA) is 71.8 Å². The normalized spacial score (nSPS) is 19.1. The van der Waals surface area contributed by atoms with E-state index in [2.05, 4.69) is 20.7 Å². The van der Waals surface area contributed by atoms with Crippen LogP contribution in [0.2, 0.25) is 0 Å². The van der Waals surface area contributed by atoms with Gasteiger partial charge in [-0.15, -0.1) is 0 Å². The van der Waals surface area contributed by atoms with Gasteiger partial charge in [-0.1, -0.05) is 0 Å². The van der Waals surface area contributed by atoms with Crippen LogP contribution in [0.25, 0.3) is 0 Å². The predicted molar refractivity (Wildman–Crippen MR) is 67.7 cm³/mol. The molecule has 21 heavy (non-hydrogen) atoms. The molecule has 2 aromatic rings. The van der Waals surface area contributed by atoms with Crippen molar-refractivity contribution in [2.75, 3.05) is 10.6 Å². The monoisotopic (exact) mass is 297 g/mol. The van der Waals surface area contributed by atoms with Crippen molar-refractivity contribution < 1.29 is 18.0 Å². The van der Waals surface area contributed by atoms with E-state index in [0.29, 0.717) is 0 Å². The van der Waals surface area contributed by atoms with E-state index < -0.39 is 23.8 Å². The molecule has 1 aliphatic carbocycles. The molecule has 1 aliphatic rings. The van der Waals surface area contributed by atoms with Gasteiger partial charge in [0, 0.05) is 18.8 Å². The fourth-order valence-electron chi connectivity index (χ4n) is 1.82. The molecule has 0 radical (unpaired) electrons. The summed E-state index contributed by atoms with van der Waals surface area (Å²) in [5, 5.41) is 8.42. The molecular formula is C12H10F3N5O. The third-order valence-corrected chi connectivity index (χ3v) is 2.99. The van der Waals surface area contributed by atoms with Gasteiger partial charge < -0.3 is 10.6 Å². The molecule has 0 bridgehead atoms. The number of amides is 2. The lowest BCUT2D eigenvalue weighted by atomic mass is 10.4. The Morgan fingerprint density at radius 1 is 1.38 bits per heavy atom. The van der Waals surface area contributed by atoms with E-state index in [9.17, 15) is 18.0 Å². The number of pyridine rings is 1. The minimum atomic E-state index is -2.74. The van der Waals surface area contributed by atoms with Crippen LogP contribution in [-0.4, -0.2) is 26.7 Å². The maximum Gasteiger partial charge on any atom is 0.323 e. The van der Waals surface area contributed by atoms with Crippen molar-refractivity contribution in [2.45, 2.75) is 18.4 Å². The summed E-state index contributed by atoms with van der Waals surface area (Å²) in [5.41, 5.74) is 0.202. The maximum absolute atomic E-state index is 13.3. The molecule has 3 rings (SSSR count). The van der Waals surface area contributed by atoms with E-state index in [-0.39, 0.29) is 17.8 Å². The molecule has 110 valence electrons. The van der Waals surface area contributed by atoms with Crippen molar-refractivity contribution in [1.29, 1.82) is 0 Å². The van der Waals surface area contributed by atoms with Gasteiger partial charge >= 0.3 is 6.03 Å². The van der Waals surface area contributed by atoms with Gasteiger partial charge in [0.25, 0.3) is 5.92 Å². The number of aromatic nitrogens is 3. The van der Waals surface area contributed by atoms with Crippen LogP contribution >= 0.6 is 0 Å². The van der Waals surface area contributed by atoms with Crippen LogP contribution in [0.3, 0.4) is 0 Å². The zero-order chi connectivity index (χ0) is 15.0. The van der Waals surface area contributed by atoms with Crippen LogP contribution in [0.15, 0.2) is 30.9 Å². The number of anilines is 2. The molecule has 9 heteroatoms. The van der Waals surface area contributed by atoms with Gasteiger partial charge in [0.15, 0.2) is 5.82 Å². The number of carbonyl (C=O) groups is 1. The SMILES string of the molecule is O=C(Nc1cnn(C2CC2(F)F)c1)Nc1ccncc1F. The van der Waals surface area contributed by atoms with Gasteiger partial charge in [-0.25, -0.2) is 18.0 Å². The Balaban J connectivity index is 1.62. The number of halogens is 3.